The topological polar surface area (TPSA) is 92.0 Å². The summed E-state index contributed by atoms with van der Waals surface area (Å²) in [6.07, 6.45) is 5.70. The van der Waals surface area contributed by atoms with Crippen LogP contribution in [0.5, 0.6) is 0 Å². The summed E-state index contributed by atoms with van der Waals surface area (Å²) in [5.41, 5.74) is 3.70. The van der Waals surface area contributed by atoms with Crippen LogP contribution in [0.15, 0.2) is 47.6 Å². The average molecular weight is 431 g/mol. The van der Waals surface area contributed by atoms with Gasteiger partial charge in [-0.05, 0) is 61.6 Å². The van der Waals surface area contributed by atoms with Gasteiger partial charge < -0.3 is 9.51 Å². The molecule has 158 valence electrons. The number of benzene rings is 1. The van der Waals surface area contributed by atoms with E-state index in [0.29, 0.717) is 25.7 Å². The van der Waals surface area contributed by atoms with Crippen molar-refractivity contribution in [3.63, 3.8) is 0 Å². The Labute approximate surface area is 173 Å². The SMILES string of the molecule is CN(C1CCc2c(c3ncccn3c2CCC(=O)O)C1)S(=O)(=O)c1ccc(F)cc1. The highest BCUT2D eigenvalue weighted by Gasteiger charge is 2.34. The van der Waals surface area contributed by atoms with Crippen LogP contribution in [0.2, 0.25) is 0 Å². The second-order valence-electron chi connectivity index (χ2n) is 7.48. The lowest BCUT2D eigenvalue weighted by Crippen LogP contribution is -2.40. The summed E-state index contributed by atoms with van der Waals surface area (Å²) in [5.74, 6) is -1.35. The van der Waals surface area contributed by atoms with E-state index in [0.717, 1.165) is 34.6 Å². The number of rotatable bonds is 6. The van der Waals surface area contributed by atoms with E-state index in [-0.39, 0.29) is 17.4 Å². The molecule has 0 amide bonds. The lowest BCUT2D eigenvalue weighted by molar-refractivity contribution is -0.136. The third kappa shape index (κ3) is 3.59. The molecule has 4 rings (SSSR count). The van der Waals surface area contributed by atoms with Crippen molar-refractivity contribution in [2.24, 2.45) is 0 Å². The van der Waals surface area contributed by atoms with Crippen LogP contribution >= 0.6 is 0 Å². The second kappa shape index (κ2) is 7.81. The normalized spacial score (nSPS) is 16.7. The Bertz CT molecular complexity index is 1200. The molecule has 0 saturated carbocycles. The molecule has 2 heterocycles. The van der Waals surface area contributed by atoms with E-state index in [9.17, 15) is 17.6 Å². The number of carbonyl (C=O) groups is 1. The van der Waals surface area contributed by atoms with Gasteiger partial charge in [0.25, 0.3) is 0 Å². The van der Waals surface area contributed by atoms with Crippen molar-refractivity contribution in [3.8, 4) is 0 Å². The smallest absolute Gasteiger partial charge is 0.303 e. The molecule has 1 aliphatic carbocycles. The summed E-state index contributed by atoms with van der Waals surface area (Å²) < 4.78 is 42.5. The van der Waals surface area contributed by atoms with Crippen molar-refractivity contribution in [1.29, 1.82) is 0 Å². The first kappa shape index (κ1) is 20.5. The Morgan fingerprint density at radius 2 is 2.03 bits per heavy atom. The Hall–Kier alpha value is -2.78. The molecule has 3 aromatic rings. The van der Waals surface area contributed by atoms with Crippen LogP contribution < -0.4 is 0 Å². The Morgan fingerprint density at radius 1 is 1.30 bits per heavy atom. The molecule has 1 aliphatic rings. The molecule has 1 aromatic carbocycles. The van der Waals surface area contributed by atoms with E-state index in [2.05, 4.69) is 4.98 Å². The van der Waals surface area contributed by atoms with Gasteiger partial charge in [-0.25, -0.2) is 17.8 Å². The van der Waals surface area contributed by atoms with Crippen LogP contribution in [0, 0.1) is 5.82 Å². The van der Waals surface area contributed by atoms with E-state index < -0.39 is 21.8 Å². The third-order valence-electron chi connectivity index (χ3n) is 5.77. The average Bonchev–Trinajstić information content (AvgIpc) is 3.05. The summed E-state index contributed by atoms with van der Waals surface area (Å²) in [6, 6.07) is 6.35. The number of aryl methyl sites for hydroxylation is 1. The number of hydrogen-bond donors (Lipinski definition) is 1. The van der Waals surface area contributed by atoms with E-state index in [1.165, 1.54) is 16.4 Å². The molecule has 1 N–H and O–H groups in total. The van der Waals surface area contributed by atoms with Crippen LogP contribution in [0.25, 0.3) is 5.65 Å². The van der Waals surface area contributed by atoms with Gasteiger partial charge in [0, 0.05) is 36.7 Å². The molecule has 1 atom stereocenters. The third-order valence-corrected chi connectivity index (χ3v) is 7.69. The molecule has 0 radical (unpaired) electrons. The van der Waals surface area contributed by atoms with E-state index in [4.69, 9.17) is 5.11 Å². The number of aliphatic carboxylic acids is 1. The van der Waals surface area contributed by atoms with Crippen molar-refractivity contribution >= 4 is 21.6 Å². The maximum absolute atomic E-state index is 13.2. The first-order chi connectivity index (χ1) is 14.3. The standard InChI is InChI=1S/C21H22FN3O4S/c1-24(30(28,29)16-6-3-14(22)4-7-16)15-5-8-17-18(13-15)21-23-11-2-12-25(21)19(17)9-10-20(26)27/h2-4,6-7,11-12,15H,5,8-10,13H2,1H3,(H,26,27). The van der Waals surface area contributed by atoms with Gasteiger partial charge in [0.2, 0.25) is 10.0 Å². The molecule has 1 unspecified atom stereocenters. The highest BCUT2D eigenvalue weighted by atomic mass is 32.2. The first-order valence-corrected chi connectivity index (χ1v) is 11.1. The highest BCUT2D eigenvalue weighted by Crippen LogP contribution is 2.33. The number of carboxylic acids is 1. The molecule has 0 saturated heterocycles. The predicted molar refractivity (Wildman–Crippen MR) is 108 cm³/mol. The fourth-order valence-electron chi connectivity index (χ4n) is 4.20. The molecule has 7 nitrogen and oxygen atoms in total. The minimum absolute atomic E-state index is 0.0235. The summed E-state index contributed by atoms with van der Waals surface area (Å²) in [4.78, 5) is 15.6. The molecular formula is C21H22FN3O4S. The fourth-order valence-corrected chi connectivity index (χ4v) is 5.59. The van der Waals surface area contributed by atoms with Gasteiger partial charge >= 0.3 is 5.97 Å². The first-order valence-electron chi connectivity index (χ1n) is 9.70. The molecule has 0 spiro atoms. The maximum Gasteiger partial charge on any atom is 0.303 e. The van der Waals surface area contributed by atoms with Crippen LogP contribution in [-0.4, -0.2) is 46.3 Å². The van der Waals surface area contributed by atoms with Crippen molar-refractivity contribution in [1.82, 2.24) is 13.7 Å². The number of sulfonamides is 1. The minimum atomic E-state index is -3.76. The molecule has 30 heavy (non-hydrogen) atoms. The van der Waals surface area contributed by atoms with Gasteiger partial charge in [-0.15, -0.1) is 0 Å². The monoisotopic (exact) mass is 431 g/mol. The van der Waals surface area contributed by atoms with Gasteiger partial charge in [-0.3, -0.25) is 4.79 Å². The van der Waals surface area contributed by atoms with Gasteiger partial charge in [-0.1, -0.05) is 0 Å². The van der Waals surface area contributed by atoms with E-state index >= 15 is 0 Å². The number of nitrogens with zero attached hydrogens (tertiary/aromatic N) is 3. The Balaban J connectivity index is 1.67. The quantitative estimate of drug-likeness (QED) is 0.648. The number of likely N-dealkylation sites (N-methyl/N-ethyl adjacent to an activating group) is 1. The lowest BCUT2D eigenvalue weighted by Gasteiger charge is -2.31. The number of fused-ring (bicyclic) bond motifs is 3. The van der Waals surface area contributed by atoms with Crippen LogP contribution in [0.3, 0.4) is 0 Å². The summed E-state index contributed by atoms with van der Waals surface area (Å²) in [5, 5.41) is 9.10. The van der Waals surface area contributed by atoms with Crippen molar-refractivity contribution < 1.29 is 22.7 Å². The van der Waals surface area contributed by atoms with Crippen molar-refractivity contribution in [3.05, 3.63) is 65.4 Å². The van der Waals surface area contributed by atoms with Crippen molar-refractivity contribution in [2.45, 2.75) is 43.0 Å². The zero-order valence-corrected chi connectivity index (χ0v) is 17.3. The van der Waals surface area contributed by atoms with Crippen LogP contribution in [0.1, 0.15) is 29.7 Å². The molecular weight excluding hydrogens is 409 g/mol. The number of carboxylic acid groups (broad SMARTS) is 1. The predicted octanol–water partition coefficient (Wildman–Crippen LogP) is 2.67. The summed E-state index contributed by atoms with van der Waals surface area (Å²) in [7, 11) is -2.22. The Morgan fingerprint density at radius 3 is 2.73 bits per heavy atom. The summed E-state index contributed by atoms with van der Waals surface area (Å²) >= 11 is 0. The molecule has 9 heteroatoms. The van der Waals surface area contributed by atoms with E-state index in [1.54, 1.807) is 19.3 Å². The molecule has 0 bridgehead atoms. The lowest BCUT2D eigenvalue weighted by atomic mass is 9.89. The largest absolute Gasteiger partial charge is 0.481 e. The minimum Gasteiger partial charge on any atom is -0.481 e. The highest BCUT2D eigenvalue weighted by molar-refractivity contribution is 7.89. The van der Waals surface area contributed by atoms with Gasteiger partial charge in [0.15, 0.2) is 0 Å². The van der Waals surface area contributed by atoms with Crippen molar-refractivity contribution in [2.75, 3.05) is 7.05 Å². The van der Waals surface area contributed by atoms with Gasteiger partial charge in [0.05, 0.1) is 11.3 Å². The molecule has 0 aliphatic heterocycles. The number of halogens is 1. The van der Waals surface area contributed by atoms with Crippen LogP contribution in [-0.2, 0) is 34.1 Å². The number of aromatic nitrogens is 2. The zero-order chi connectivity index (χ0) is 21.5. The van der Waals surface area contributed by atoms with Gasteiger partial charge in [0.1, 0.15) is 11.5 Å². The zero-order valence-electron chi connectivity index (χ0n) is 16.5. The van der Waals surface area contributed by atoms with Crippen LogP contribution in [0.4, 0.5) is 4.39 Å². The number of hydrogen-bond acceptors (Lipinski definition) is 4. The van der Waals surface area contributed by atoms with E-state index in [1.807, 2.05) is 10.6 Å². The summed E-state index contributed by atoms with van der Waals surface area (Å²) in [6.45, 7) is 0. The fraction of sp³-hybridized carbons (Fsp3) is 0.333. The van der Waals surface area contributed by atoms with Gasteiger partial charge in [-0.2, -0.15) is 4.31 Å². The maximum atomic E-state index is 13.2. The molecule has 0 fully saturated rings. The Kier molecular flexibility index (Phi) is 5.33. The second-order valence-corrected chi connectivity index (χ2v) is 9.48. The molecule has 2 aromatic heterocycles.